The van der Waals surface area contributed by atoms with Gasteiger partial charge in [0.2, 0.25) is 5.91 Å². The van der Waals surface area contributed by atoms with Crippen molar-refractivity contribution < 1.29 is 14.3 Å². The van der Waals surface area contributed by atoms with Crippen LogP contribution in [-0.4, -0.2) is 18.5 Å². The van der Waals surface area contributed by atoms with Crippen LogP contribution in [0.4, 0.5) is 0 Å². The molecule has 1 atom stereocenters. The second-order valence-electron chi connectivity index (χ2n) is 6.92. The van der Waals surface area contributed by atoms with Crippen molar-refractivity contribution in [1.82, 2.24) is 5.32 Å². The lowest BCUT2D eigenvalue weighted by Gasteiger charge is -2.44. The Morgan fingerprint density at radius 1 is 1.08 bits per heavy atom. The highest BCUT2D eigenvalue weighted by Gasteiger charge is 2.57. The molecule has 4 heteroatoms. The summed E-state index contributed by atoms with van der Waals surface area (Å²) in [4.78, 5) is 25.6. The maximum Gasteiger partial charge on any atom is 0.321 e. The molecular formula is C22H25NO3. The maximum atomic E-state index is 13.0. The molecule has 1 unspecified atom stereocenters. The van der Waals surface area contributed by atoms with Gasteiger partial charge in [-0.1, -0.05) is 60.7 Å². The first kappa shape index (κ1) is 18.2. The molecule has 1 amide bonds. The second-order valence-corrected chi connectivity index (χ2v) is 6.92. The number of ether oxygens (including phenoxy) is 1. The van der Waals surface area contributed by atoms with E-state index < -0.39 is 11.4 Å². The number of nitrogens with one attached hydrogen (secondary N) is 1. The number of carbonyl (C=O) groups is 2. The fourth-order valence-electron chi connectivity index (χ4n) is 3.62. The maximum absolute atomic E-state index is 13.0. The lowest BCUT2D eigenvalue weighted by atomic mass is 9.59. The summed E-state index contributed by atoms with van der Waals surface area (Å²) < 4.78 is 5.24. The van der Waals surface area contributed by atoms with E-state index in [0.29, 0.717) is 12.8 Å². The van der Waals surface area contributed by atoms with Crippen molar-refractivity contribution >= 4 is 11.9 Å². The molecule has 0 saturated heterocycles. The van der Waals surface area contributed by atoms with Gasteiger partial charge in [-0.3, -0.25) is 9.59 Å². The zero-order valence-electron chi connectivity index (χ0n) is 15.3. The van der Waals surface area contributed by atoms with E-state index in [2.05, 4.69) is 5.32 Å². The van der Waals surface area contributed by atoms with Gasteiger partial charge in [-0.2, -0.15) is 0 Å². The molecule has 0 aliphatic heterocycles. The quantitative estimate of drug-likeness (QED) is 0.632. The minimum Gasteiger partial charge on any atom is -0.465 e. The van der Waals surface area contributed by atoms with E-state index in [-0.39, 0.29) is 24.5 Å². The summed E-state index contributed by atoms with van der Waals surface area (Å²) in [6.07, 6.45) is 0.979. The fourth-order valence-corrected chi connectivity index (χ4v) is 3.62. The summed E-state index contributed by atoms with van der Waals surface area (Å²) in [7, 11) is 0. The summed E-state index contributed by atoms with van der Waals surface area (Å²) in [6, 6.07) is 19.6. The molecule has 0 aromatic heterocycles. The number of amides is 1. The summed E-state index contributed by atoms with van der Waals surface area (Å²) in [5.41, 5.74) is 1.09. The predicted octanol–water partition coefficient (Wildman–Crippen LogP) is 3.99. The molecule has 0 heterocycles. The van der Waals surface area contributed by atoms with E-state index >= 15 is 0 Å². The monoisotopic (exact) mass is 351 g/mol. The average molecular weight is 351 g/mol. The third-order valence-electron chi connectivity index (χ3n) is 5.21. The Labute approximate surface area is 154 Å². The number of rotatable bonds is 6. The molecule has 136 valence electrons. The number of benzene rings is 2. The number of esters is 1. The molecule has 0 radical (unpaired) electrons. The molecule has 2 aromatic carbocycles. The lowest BCUT2D eigenvalue weighted by Crippen LogP contribution is -2.55. The summed E-state index contributed by atoms with van der Waals surface area (Å²) in [6.45, 7) is 3.97. The molecule has 1 saturated carbocycles. The van der Waals surface area contributed by atoms with Crippen molar-refractivity contribution in [3.05, 3.63) is 71.8 Å². The Morgan fingerprint density at radius 3 is 2.23 bits per heavy atom. The molecule has 1 fully saturated rings. The molecule has 0 spiro atoms. The van der Waals surface area contributed by atoms with Gasteiger partial charge in [0, 0.05) is 0 Å². The van der Waals surface area contributed by atoms with Crippen LogP contribution in [0, 0.1) is 5.41 Å². The second kappa shape index (κ2) is 7.73. The molecule has 1 N–H and O–H groups in total. The number of hydrogen-bond acceptors (Lipinski definition) is 3. The van der Waals surface area contributed by atoms with E-state index in [1.165, 1.54) is 0 Å². The molecule has 0 bridgehead atoms. The van der Waals surface area contributed by atoms with Gasteiger partial charge >= 0.3 is 5.97 Å². The Bertz CT molecular complexity index is 751. The Kier molecular flexibility index (Phi) is 5.40. The molecule has 3 rings (SSSR count). The molecular weight excluding hydrogens is 326 g/mol. The first-order chi connectivity index (χ1) is 12.6. The van der Waals surface area contributed by atoms with Crippen molar-refractivity contribution in [3.8, 4) is 0 Å². The predicted molar refractivity (Wildman–Crippen MR) is 100 cm³/mol. The SMILES string of the molecule is CCOC(=O)C1(C(=O)NC(C)c2ccccc2)CC(c2ccccc2)C1. The van der Waals surface area contributed by atoms with E-state index in [1.54, 1.807) is 6.92 Å². The van der Waals surface area contributed by atoms with Gasteiger partial charge in [-0.05, 0) is 43.7 Å². The van der Waals surface area contributed by atoms with E-state index in [9.17, 15) is 9.59 Å². The van der Waals surface area contributed by atoms with Crippen LogP contribution in [0.3, 0.4) is 0 Å². The van der Waals surface area contributed by atoms with E-state index in [0.717, 1.165) is 11.1 Å². The zero-order chi connectivity index (χ0) is 18.6. The van der Waals surface area contributed by atoms with Gasteiger partial charge in [-0.25, -0.2) is 0 Å². The van der Waals surface area contributed by atoms with E-state index in [1.807, 2.05) is 67.6 Å². The van der Waals surface area contributed by atoms with Crippen LogP contribution in [-0.2, 0) is 14.3 Å². The first-order valence-corrected chi connectivity index (χ1v) is 9.15. The molecule has 1 aliphatic carbocycles. The summed E-state index contributed by atoms with van der Waals surface area (Å²) in [5, 5.41) is 3.01. The van der Waals surface area contributed by atoms with Crippen molar-refractivity contribution in [3.63, 3.8) is 0 Å². The minimum atomic E-state index is -1.08. The van der Waals surface area contributed by atoms with Gasteiger partial charge in [0.25, 0.3) is 0 Å². The Hall–Kier alpha value is -2.62. The Balaban J connectivity index is 1.75. The first-order valence-electron chi connectivity index (χ1n) is 9.15. The summed E-state index contributed by atoms with van der Waals surface area (Å²) >= 11 is 0. The normalized spacial score (nSPS) is 22.8. The highest BCUT2D eigenvalue weighted by molar-refractivity contribution is 6.04. The third-order valence-corrected chi connectivity index (χ3v) is 5.21. The topological polar surface area (TPSA) is 55.4 Å². The van der Waals surface area contributed by atoms with Crippen LogP contribution in [0.2, 0.25) is 0 Å². The lowest BCUT2D eigenvalue weighted by molar-refractivity contribution is -0.168. The standard InChI is InChI=1S/C22H25NO3/c1-3-26-21(25)22(14-19(15-22)18-12-8-5-9-13-18)20(24)23-16(2)17-10-6-4-7-11-17/h4-13,16,19H,3,14-15H2,1-2H3,(H,23,24). The van der Waals surface area contributed by atoms with Crippen LogP contribution in [0.5, 0.6) is 0 Å². The van der Waals surface area contributed by atoms with Crippen molar-refractivity contribution in [2.24, 2.45) is 5.41 Å². The van der Waals surface area contributed by atoms with Gasteiger partial charge in [0.15, 0.2) is 0 Å². The minimum absolute atomic E-state index is 0.161. The van der Waals surface area contributed by atoms with Crippen molar-refractivity contribution in [1.29, 1.82) is 0 Å². The van der Waals surface area contributed by atoms with E-state index in [4.69, 9.17) is 4.74 Å². The van der Waals surface area contributed by atoms with Crippen molar-refractivity contribution in [2.75, 3.05) is 6.61 Å². The summed E-state index contributed by atoms with van der Waals surface area (Å²) in [5.74, 6) is -0.442. The van der Waals surface area contributed by atoms with Crippen LogP contribution in [0.15, 0.2) is 60.7 Å². The molecule has 1 aliphatic rings. The average Bonchev–Trinajstić information content (AvgIpc) is 2.62. The number of carbonyl (C=O) groups excluding carboxylic acids is 2. The van der Waals surface area contributed by atoms with Crippen LogP contribution in [0.1, 0.15) is 49.8 Å². The zero-order valence-corrected chi connectivity index (χ0v) is 15.3. The number of hydrogen-bond donors (Lipinski definition) is 1. The largest absolute Gasteiger partial charge is 0.465 e. The highest BCUT2D eigenvalue weighted by atomic mass is 16.5. The van der Waals surface area contributed by atoms with Crippen LogP contribution in [0.25, 0.3) is 0 Å². The molecule has 26 heavy (non-hydrogen) atoms. The Morgan fingerprint density at radius 2 is 1.65 bits per heavy atom. The van der Waals surface area contributed by atoms with Crippen LogP contribution >= 0.6 is 0 Å². The van der Waals surface area contributed by atoms with Crippen molar-refractivity contribution in [2.45, 2.75) is 38.6 Å². The smallest absolute Gasteiger partial charge is 0.321 e. The van der Waals surface area contributed by atoms with Gasteiger partial charge in [0.05, 0.1) is 12.6 Å². The molecule has 2 aromatic rings. The van der Waals surface area contributed by atoms with Crippen LogP contribution < -0.4 is 5.32 Å². The van der Waals surface area contributed by atoms with Gasteiger partial charge < -0.3 is 10.1 Å². The fraction of sp³-hybridized carbons (Fsp3) is 0.364. The van der Waals surface area contributed by atoms with Gasteiger partial charge in [-0.15, -0.1) is 0 Å². The third kappa shape index (κ3) is 3.50. The highest BCUT2D eigenvalue weighted by Crippen LogP contribution is 2.52. The molecule has 4 nitrogen and oxygen atoms in total. The van der Waals surface area contributed by atoms with Gasteiger partial charge in [0.1, 0.15) is 5.41 Å².